The molecule has 0 saturated heterocycles. The van der Waals surface area contributed by atoms with E-state index < -0.39 is 15.9 Å². The minimum Gasteiger partial charge on any atom is -0.325 e. The van der Waals surface area contributed by atoms with Gasteiger partial charge in [0.05, 0.1) is 11.4 Å². The molecule has 0 heterocycles. The van der Waals surface area contributed by atoms with Crippen LogP contribution in [0.4, 0.5) is 5.69 Å². The van der Waals surface area contributed by atoms with Gasteiger partial charge in [0.1, 0.15) is 0 Å². The van der Waals surface area contributed by atoms with E-state index in [2.05, 4.69) is 21.2 Å². The number of hydrogen-bond donors (Lipinski definition) is 1. The number of nitrogens with zero attached hydrogens (tertiary/aromatic N) is 1. The summed E-state index contributed by atoms with van der Waals surface area (Å²) in [5, 5.41) is 3.22. The number of benzene rings is 3. The molecule has 3 rings (SSSR count). The summed E-state index contributed by atoms with van der Waals surface area (Å²) in [7, 11) is -3.93. The zero-order valence-corrected chi connectivity index (χ0v) is 20.6. The second-order valence-electron chi connectivity index (χ2n) is 6.63. The lowest BCUT2D eigenvalue weighted by molar-refractivity contribution is -0.116. The van der Waals surface area contributed by atoms with Gasteiger partial charge in [-0.05, 0) is 66.4 Å². The van der Waals surface area contributed by atoms with Gasteiger partial charge >= 0.3 is 0 Å². The molecule has 0 bridgehead atoms. The van der Waals surface area contributed by atoms with Crippen LogP contribution in [0.5, 0.6) is 0 Å². The first-order valence-corrected chi connectivity index (χ1v) is 13.1. The Labute approximate surface area is 200 Å². The van der Waals surface area contributed by atoms with E-state index in [4.69, 9.17) is 11.6 Å². The Morgan fingerprint density at radius 2 is 1.74 bits per heavy atom. The molecule has 1 amide bonds. The number of halogens is 2. The molecule has 162 valence electrons. The summed E-state index contributed by atoms with van der Waals surface area (Å²) in [5.41, 5.74) is 1.38. The molecular formula is C22H20BrClN2O3S2. The van der Waals surface area contributed by atoms with Crippen molar-refractivity contribution >= 4 is 60.9 Å². The Morgan fingerprint density at radius 1 is 1.06 bits per heavy atom. The third-order valence-corrected chi connectivity index (χ3v) is 7.71. The van der Waals surface area contributed by atoms with Gasteiger partial charge in [-0.2, -0.15) is 4.31 Å². The Kier molecular flexibility index (Phi) is 8.18. The number of carbonyl (C=O) groups is 1. The van der Waals surface area contributed by atoms with Gasteiger partial charge in [-0.25, -0.2) is 8.42 Å². The summed E-state index contributed by atoms with van der Waals surface area (Å²) in [6, 6.07) is 20.6. The van der Waals surface area contributed by atoms with Crippen molar-refractivity contribution < 1.29 is 13.2 Å². The topological polar surface area (TPSA) is 66.5 Å². The van der Waals surface area contributed by atoms with Gasteiger partial charge < -0.3 is 5.32 Å². The van der Waals surface area contributed by atoms with Crippen molar-refractivity contribution in [2.75, 3.05) is 18.1 Å². The van der Waals surface area contributed by atoms with E-state index in [0.29, 0.717) is 10.7 Å². The van der Waals surface area contributed by atoms with Crippen LogP contribution < -0.4 is 5.32 Å². The minimum atomic E-state index is -3.93. The van der Waals surface area contributed by atoms with Gasteiger partial charge in [-0.1, -0.05) is 45.7 Å². The molecule has 5 nitrogen and oxygen atoms in total. The molecule has 0 spiro atoms. The molecule has 0 radical (unpaired) electrons. The normalized spacial score (nSPS) is 11.5. The van der Waals surface area contributed by atoms with E-state index in [1.807, 2.05) is 48.7 Å². The van der Waals surface area contributed by atoms with Crippen LogP contribution in [0, 0.1) is 0 Å². The maximum Gasteiger partial charge on any atom is 0.243 e. The molecule has 0 unspecified atom stereocenters. The summed E-state index contributed by atoms with van der Waals surface area (Å²) in [6.07, 6.45) is 1.94. The van der Waals surface area contributed by atoms with Crippen molar-refractivity contribution in [3.8, 4) is 0 Å². The van der Waals surface area contributed by atoms with Crippen molar-refractivity contribution in [1.82, 2.24) is 4.31 Å². The van der Waals surface area contributed by atoms with Crippen LogP contribution in [0.2, 0.25) is 5.02 Å². The number of nitrogens with one attached hydrogen (secondary N) is 1. The van der Waals surface area contributed by atoms with Gasteiger partial charge in [-0.3, -0.25) is 4.79 Å². The predicted octanol–water partition coefficient (Wildman–Crippen LogP) is 5.65. The van der Waals surface area contributed by atoms with E-state index in [1.54, 1.807) is 17.8 Å². The molecule has 0 fully saturated rings. The standard InChI is InChI=1S/C22H20BrClN2O3S2/c1-30-20-4-2-3-19(13-20)25-22(27)15-26(14-16-5-7-17(23)8-6-16)31(28,29)21-11-9-18(24)10-12-21/h2-13H,14-15H2,1H3,(H,25,27). The number of carbonyl (C=O) groups excluding carboxylic acids is 1. The molecular weight excluding hydrogens is 520 g/mol. The average Bonchev–Trinajstić information content (AvgIpc) is 2.75. The lowest BCUT2D eigenvalue weighted by Gasteiger charge is -2.22. The molecule has 3 aromatic carbocycles. The summed E-state index contributed by atoms with van der Waals surface area (Å²) in [4.78, 5) is 13.8. The molecule has 0 aromatic heterocycles. The molecule has 0 aliphatic carbocycles. The van der Waals surface area contributed by atoms with Crippen LogP contribution >= 0.6 is 39.3 Å². The predicted molar refractivity (Wildman–Crippen MR) is 130 cm³/mol. The largest absolute Gasteiger partial charge is 0.325 e. The van der Waals surface area contributed by atoms with Crippen LogP contribution in [0.25, 0.3) is 0 Å². The smallest absolute Gasteiger partial charge is 0.243 e. The fraction of sp³-hybridized carbons (Fsp3) is 0.136. The fourth-order valence-corrected chi connectivity index (χ4v) is 5.07. The maximum atomic E-state index is 13.3. The van der Waals surface area contributed by atoms with Gasteiger partial charge in [0.2, 0.25) is 15.9 Å². The molecule has 0 aliphatic rings. The van der Waals surface area contributed by atoms with Crippen molar-refractivity contribution in [2.24, 2.45) is 0 Å². The third kappa shape index (κ3) is 6.57. The Morgan fingerprint density at radius 3 is 2.39 bits per heavy atom. The summed E-state index contributed by atoms with van der Waals surface area (Å²) >= 11 is 10.8. The van der Waals surface area contributed by atoms with Crippen LogP contribution in [0.1, 0.15) is 5.56 Å². The highest BCUT2D eigenvalue weighted by Gasteiger charge is 2.27. The number of anilines is 1. The highest BCUT2D eigenvalue weighted by atomic mass is 79.9. The molecule has 3 aromatic rings. The Bertz CT molecular complexity index is 1150. The fourth-order valence-electron chi connectivity index (χ4n) is 2.84. The zero-order valence-electron chi connectivity index (χ0n) is 16.6. The summed E-state index contributed by atoms with van der Waals surface area (Å²) in [6.45, 7) is -0.277. The van der Waals surface area contributed by atoms with Gasteiger partial charge in [-0.15, -0.1) is 11.8 Å². The number of thioether (sulfide) groups is 1. The molecule has 0 saturated carbocycles. The summed E-state index contributed by atoms with van der Waals surface area (Å²) in [5.74, 6) is -0.423. The first kappa shape index (κ1) is 23.8. The number of rotatable bonds is 8. The molecule has 31 heavy (non-hydrogen) atoms. The lowest BCUT2D eigenvalue weighted by Crippen LogP contribution is -2.37. The zero-order chi connectivity index (χ0) is 22.4. The first-order valence-electron chi connectivity index (χ1n) is 9.22. The highest BCUT2D eigenvalue weighted by molar-refractivity contribution is 9.10. The van der Waals surface area contributed by atoms with Crippen LogP contribution in [-0.2, 0) is 21.4 Å². The number of sulfonamides is 1. The van der Waals surface area contributed by atoms with Crippen LogP contribution in [0.15, 0.2) is 87.1 Å². The summed E-state index contributed by atoms with van der Waals surface area (Å²) < 4.78 is 28.6. The monoisotopic (exact) mass is 538 g/mol. The van der Waals surface area contributed by atoms with E-state index in [9.17, 15) is 13.2 Å². The van der Waals surface area contributed by atoms with E-state index >= 15 is 0 Å². The van der Waals surface area contributed by atoms with Crippen molar-refractivity contribution in [3.63, 3.8) is 0 Å². The minimum absolute atomic E-state index is 0.0521. The second kappa shape index (κ2) is 10.7. The molecule has 9 heteroatoms. The third-order valence-electron chi connectivity index (χ3n) is 4.40. The first-order chi connectivity index (χ1) is 14.8. The van der Waals surface area contributed by atoms with Crippen molar-refractivity contribution in [1.29, 1.82) is 0 Å². The van der Waals surface area contributed by atoms with Gasteiger partial charge in [0.25, 0.3) is 0 Å². The average molecular weight is 540 g/mol. The quantitative estimate of drug-likeness (QED) is 0.376. The Balaban J connectivity index is 1.86. The van der Waals surface area contributed by atoms with Crippen molar-refractivity contribution in [3.05, 3.63) is 87.9 Å². The van der Waals surface area contributed by atoms with Crippen LogP contribution in [-0.4, -0.2) is 31.4 Å². The van der Waals surface area contributed by atoms with Crippen LogP contribution in [0.3, 0.4) is 0 Å². The number of amides is 1. The Hall–Kier alpha value is -1.84. The van der Waals surface area contributed by atoms with Crippen molar-refractivity contribution in [2.45, 2.75) is 16.3 Å². The lowest BCUT2D eigenvalue weighted by atomic mass is 10.2. The maximum absolute atomic E-state index is 13.3. The van der Waals surface area contributed by atoms with E-state index in [0.717, 1.165) is 19.2 Å². The van der Waals surface area contributed by atoms with Gasteiger partial charge in [0.15, 0.2) is 0 Å². The second-order valence-corrected chi connectivity index (χ2v) is 10.8. The molecule has 0 aliphatic heterocycles. The van der Waals surface area contributed by atoms with E-state index in [1.165, 1.54) is 24.3 Å². The molecule has 0 atom stereocenters. The van der Waals surface area contributed by atoms with Gasteiger partial charge in [0, 0.05) is 26.6 Å². The number of hydrogen-bond acceptors (Lipinski definition) is 4. The highest BCUT2D eigenvalue weighted by Crippen LogP contribution is 2.22. The molecule has 1 N–H and O–H groups in total. The van der Waals surface area contributed by atoms with E-state index in [-0.39, 0.29) is 18.0 Å². The SMILES string of the molecule is CSc1cccc(NC(=O)CN(Cc2ccc(Br)cc2)S(=O)(=O)c2ccc(Cl)cc2)c1.